The maximum atomic E-state index is 14.2. The van der Waals surface area contributed by atoms with Crippen molar-refractivity contribution in [1.82, 2.24) is 14.5 Å². The van der Waals surface area contributed by atoms with Gasteiger partial charge < -0.3 is 24.5 Å². The van der Waals surface area contributed by atoms with Gasteiger partial charge in [-0.2, -0.15) is 0 Å². The molecular formula is C43H43N4O8+. The van der Waals surface area contributed by atoms with Gasteiger partial charge in [0.2, 0.25) is 5.36 Å². The van der Waals surface area contributed by atoms with E-state index >= 15 is 0 Å². The molecule has 10 rings (SSSR count). The Morgan fingerprint density at radius 3 is 2.24 bits per heavy atom. The molecule has 3 amide bonds. The molecule has 0 spiro atoms. The molecular weight excluding hydrogens is 700 g/mol. The molecule has 0 saturated carbocycles. The van der Waals surface area contributed by atoms with E-state index < -0.39 is 29.7 Å². The highest BCUT2D eigenvalue weighted by atomic mass is 16.7. The summed E-state index contributed by atoms with van der Waals surface area (Å²) in [6.45, 7) is 4.61. The third-order valence-electron chi connectivity index (χ3n) is 12.8. The Morgan fingerprint density at radius 1 is 0.764 bits per heavy atom. The monoisotopic (exact) mass is 743 g/mol. The minimum Gasteiger partial charge on any atom is -0.478 e. The van der Waals surface area contributed by atoms with E-state index in [1.54, 1.807) is 23.1 Å². The Hall–Kier alpha value is -5.52. The summed E-state index contributed by atoms with van der Waals surface area (Å²) in [5.41, 5.74) is 8.88. The van der Waals surface area contributed by atoms with E-state index in [0.29, 0.717) is 29.0 Å². The lowest BCUT2D eigenvalue weighted by molar-refractivity contribution is -0.201. The second kappa shape index (κ2) is 13.1. The number of benzene rings is 3. The molecule has 55 heavy (non-hydrogen) atoms. The van der Waals surface area contributed by atoms with Crippen molar-refractivity contribution in [2.45, 2.75) is 77.0 Å². The first-order valence-electron chi connectivity index (χ1n) is 19.9. The summed E-state index contributed by atoms with van der Waals surface area (Å²) >= 11 is 0. The van der Waals surface area contributed by atoms with Crippen LogP contribution in [-0.2, 0) is 44.9 Å². The van der Waals surface area contributed by atoms with Crippen LogP contribution in [0, 0.1) is 5.92 Å². The summed E-state index contributed by atoms with van der Waals surface area (Å²) in [6.07, 6.45) is 8.47. The molecule has 3 aromatic rings. The predicted octanol–water partition coefficient (Wildman–Crippen LogP) is 3.28. The first-order valence-corrected chi connectivity index (χ1v) is 19.9. The molecule has 0 aliphatic carbocycles. The number of nitrogens with zero attached hydrogens (tertiary/aromatic N) is 4. The van der Waals surface area contributed by atoms with Crippen molar-refractivity contribution in [3.8, 4) is 11.5 Å². The maximum Gasteiger partial charge on any atom is 0.336 e. The van der Waals surface area contributed by atoms with Crippen molar-refractivity contribution >= 4 is 40.9 Å². The molecule has 7 heterocycles. The molecule has 12 nitrogen and oxygen atoms in total. The quantitative estimate of drug-likeness (QED) is 0.241. The van der Waals surface area contributed by atoms with E-state index in [1.165, 1.54) is 33.3 Å². The van der Waals surface area contributed by atoms with Crippen LogP contribution in [0.15, 0.2) is 30.3 Å². The number of carboxylic acid groups (broad SMARTS) is 1. The van der Waals surface area contributed by atoms with Crippen LogP contribution in [-0.4, -0.2) is 84.0 Å². The number of aryl methyl sites for hydroxylation is 2. The second-order valence-corrected chi connectivity index (χ2v) is 16.0. The molecule has 2 fully saturated rings. The van der Waals surface area contributed by atoms with Crippen LogP contribution < -0.4 is 24.8 Å². The van der Waals surface area contributed by atoms with E-state index in [9.17, 15) is 29.1 Å². The lowest BCUT2D eigenvalue weighted by Crippen LogP contribution is -2.45. The van der Waals surface area contributed by atoms with Crippen LogP contribution in [0.3, 0.4) is 0 Å². The molecule has 7 aliphatic rings. The van der Waals surface area contributed by atoms with Gasteiger partial charge in [0.1, 0.15) is 24.6 Å². The predicted molar refractivity (Wildman–Crippen MR) is 199 cm³/mol. The molecule has 0 unspecified atom stereocenters. The lowest BCUT2D eigenvalue weighted by Gasteiger charge is -2.39. The summed E-state index contributed by atoms with van der Waals surface area (Å²) < 4.78 is 9.64. The van der Waals surface area contributed by atoms with Gasteiger partial charge in [0, 0.05) is 90.6 Å². The standard InChI is InChI=1S/C43H42N4O8/c48-34-11-12-35(49)47(34)55-43(53)24-13-19-46(20-14-24)41(50)27-9-10-28(42(51)52)31(23-27)36-32-21-25-5-1-15-44-17-3-7-29(37(25)44)39(32)54-40-30-8-4-18-45-16-2-6-26(38(30)45)22-33(36)40/h9-10,21-24H,1-8,11-20H2/p+1. The molecule has 0 aromatic heterocycles. The van der Waals surface area contributed by atoms with E-state index in [0.717, 1.165) is 105 Å². The number of imide groups is 1. The first-order chi connectivity index (χ1) is 26.7. The highest BCUT2D eigenvalue weighted by Crippen LogP contribution is 2.49. The highest BCUT2D eigenvalue weighted by Gasteiger charge is 2.39. The molecule has 3 aromatic carbocycles. The van der Waals surface area contributed by atoms with Crippen LogP contribution in [0.4, 0.5) is 5.69 Å². The number of carbonyl (C=O) groups excluding carboxylic acids is 4. The van der Waals surface area contributed by atoms with Crippen molar-refractivity contribution < 1.29 is 38.7 Å². The normalized spacial score (nSPS) is 20.0. The van der Waals surface area contributed by atoms with Crippen LogP contribution in [0.25, 0.3) is 5.57 Å². The molecule has 0 radical (unpaired) electrons. The zero-order valence-electron chi connectivity index (χ0n) is 30.8. The van der Waals surface area contributed by atoms with Crippen LogP contribution in [0.2, 0.25) is 0 Å². The third kappa shape index (κ3) is 5.46. The van der Waals surface area contributed by atoms with Gasteiger partial charge in [0.15, 0.2) is 0 Å². The van der Waals surface area contributed by atoms with E-state index in [2.05, 4.69) is 21.6 Å². The third-order valence-corrected chi connectivity index (χ3v) is 12.8. The fraction of sp³-hybridized carbons (Fsp3) is 0.442. The number of fused-ring (bicyclic) bond motifs is 4. The number of piperidine rings is 1. The number of hydroxylamine groups is 2. The zero-order valence-corrected chi connectivity index (χ0v) is 30.8. The number of carbonyl (C=O) groups is 5. The first kappa shape index (κ1) is 34.0. The number of rotatable bonds is 5. The lowest BCUT2D eigenvalue weighted by atomic mass is 9.81. The molecule has 2 saturated heterocycles. The molecule has 282 valence electrons. The number of hydrogen-bond acceptors (Lipinski definition) is 8. The average Bonchev–Trinajstić information content (AvgIpc) is 3.52. The molecule has 12 heteroatoms. The van der Waals surface area contributed by atoms with Gasteiger partial charge >= 0.3 is 11.9 Å². The number of aromatic carboxylic acids is 1. The number of carboxylic acids is 1. The number of likely N-dealkylation sites (tertiary alicyclic amines) is 1. The average molecular weight is 744 g/mol. The number of ether oxygens (including phenoxy) is 1. The molecule has 0 atom stereocenters. The van der Waals surface area contributed by atoms with Crippen LogP contribution in [0.1, 0.15) is 105 Å². The van der Waals surface area contributed by atoms with Gasteiger partial charge in [0.05, 0.1) is 17.0 Å². The van der Waals surface area contributed by atoms with Crippen molar-refractivity contribution in [2.75, 3.05) is 44.2 Å². The maximum absolute atomic E-state index is 14.2. The zero-order chi connectivity index (χ0) is 37.5. The van der Waals surface area contributed by atoms with E-state index in [1.807, 2.05) is 0 Å². The highest BCUT2D eigenvalue weighted by molar-refractivity contribution is 6.03. The van der Waals surface area contributed by atoms with Gasteiger partial charge in [0.25, 0.3) is 17.7 Å². The Labute approximate surface area is 317 Å². The number of anilines is 1. The minimum absolute atomic E-state index is 0.0228. The van der Waals surface area contributed by atoms with Crippen molar-refractivity contribution in [3.63, 3.8) is 0 Å². The minimum atomic E-state index is -1.07. The SMILES string of the molecule is O=C(O)c1ccc(C(=O)N2CCC(C(=O)ON3C(=O)CCC3=O)CC2)cc1C1=c2cc3c4c(c2Oc2c1cc1c5c2CCCN5CCC1)CCC[N+]=4CCC3. The Balaban J connectivity index is 1.08. The smallest absolute Gasteiger partial charge is 0.336 e. The fourth-order valence-electron chi connectivity index (χ4n) is 10.2. The molecule has 0 bridgehead atoms. The topological polar surface area (TPSA) is 137 Å². The van der Waals surface area contributed by atoms with Gasteiger partial charge in [-0.1, -0.05) is 0 Å². The Kier molecular flexibility index (Phi) is 8.07. The number of amides is 3. The van der Waals surface area contributed by atoms with Crippen LogP contribution in [0.5, 0.6) is 11.5 Å². The summed E-state index contributed by atoms with van der Waals surface area (Å²) in [5.74, 6) is -1.95. The van der Waals surface area contributed by atoms with Crippen molar-refractivity contribution in [2.24, 2.45) is 5.92 Å². The summed E-state index contributed by atoms with van der Waals surface area (Å²) in [6, 6.07) is 9.35. The summed E-state index contributed by atoms with van der Waals surface area (Å²) in [5, 5.41) is 13.5. The van der Waals surface area contributed by atoms with E-state index in [4.69, 9.17) is 9.57 Å². The number of hydrogen-bond donors (Lipinski definition) is 1. The van der Waals surface area contributed by atoms with Gasteiger partial charge in [-0.05, 0) is 92.8 Å². The van der Waals surface area contributed by atoms with Crippen molar-refractivity contribution in [3.05, 3.63) is 85.4 Å². The van der Waals surface area contributed by atoms with Gasteiger partial charge in [-0.15, -0.1) is 5.06 Å². The molecule has 7 aliphatic heterocycles. The molecule has 1 N–H and O–H groups in total. The largest absolute Gasteiger partial charge is 0.478 e. The summed E-state index contributed by atoms with van der Waals surface area (Å²) in [4.78, 5) is 73.6. The Bertz CT molecular complexity index is 2370. The van der Waals surface area contributed by atoms with Gasteiger partial charge in [-0.3, -0.25) is 14.4 Å². The van der Waals surface area contributed by atoms with E-state index in [-0.39, 0.29) is 37.4 Å². The van der Waals surface area contributed by atoms with Crippen molar-refractivity contribution in [1.29, 1.82) is 0 Å². The second-order valence-electron chi connectivity index (χ2n) is 16.0. The van der Waals surface area contributed by atoms with Crippen LogP contribution >= 0.6 is 0 Å². The summed E-state index contributed by atoms with van der Waals surface area (Å²) in [7, 11) is 0. The Morgan fingerprint density at radius 2 is 1.47 bits per heavy atom. The fourth-order valence-corrected chi connectivity index (χ4v) is 10.2. The van der Waals surface area contributed by atoms with Gasteiger partial charge in [-0.25, -0.2) is 14.2 Å².